The lowest BCUT2D eigenvalue weighted by molar-refractivity contribution is -0.121. The predicted molar refractivity (Wildman–Crippen MR) is 95.6 cm³/mol. The van der Waals surface area contributed by atoms with E-state index in [0.717, 1.165) is 11.3 Å². The molecule has 2 aromatic rings. The molecule has 2 rings (SSSR count). The molecule has 1 aromatic carbocycles. The summed E-state index contributed by atoms with van der Waals surface area (Å²) in [6.45, 7) is 5.69. The van der Waals surface area contributed by atoms with E-state index in [1.165, 1.54) is 0 Å². The number of benzene rings is 1. The molecule has 0 aliphatic rings. The second kappa shape index (κ2) is 9.64. The number of amides is 3. The molecule has 0 spiro atoms. The van der Waals surface area contributed by atoms with Crippen molar-refractivity contribution in [2.24, 2.45) is 5.92 Å². The van der Waals surface area contributed by atoms with Crippen molar-refractivity contribution in [2.45, 2.75) is 26.9 Å². The summed E-state index contributed by atoms with van der Waals surface area (Å²) in [6, 6.07) is 13.1. The van der Waals surface area contributed by atoms with Gasteiger partial charge >= 0.3 is 6.03 Å². The highest BCUT2D eigenvalue weighted by molar-refractivity contribution is 5.95. The molecule has 3 amide bonds. The fraction of sp³-hybridized carbons (Fsp3) is 0.368. The van der Waals surface area contributed by atoms with Crippen LogP contribution in [-0.2, 0) is 17.9 Å². The molecular formula is C19H25N3O3. The van der Waals surface area contributed by atoms with E-state index in [-0.39, 0.29) is 12.5 Å². The summed E-state index contributed by atoms with van der Waals surface area (Å²) in [7, 11) is 0. The molecule has 1 aromatic heterocycles. The number of hydrogen-bond donors (Lipinski definition) is 2. The maximum atomic E-state index is 12.2. The Balaban J connectivity index is 1.92. The monoisotopic (exact) mass is 343 g/mol. The van der Waals surface area contributed by atoms with E-state index < -0.39 is 6.03 Å². The largest absolute Gasteiger partial charge is 0.468 e. The quantitative estimate of drug-likeness (QED) is 0.773. The molecule has 25 heavy (non-hydrogen) atoms. The zero-order valence-corrected chi connectivity index (χ0v) is 14.7. The van der Waals surface area contributed by atoms with E-state index in [4.69, 9.17) is 4.42 Å². The van der Waals surface area contributed by atoms with Gasteiger partial charge in [0, 0.05) is 13.1 Å². The van der Waals surface area contributed by atoms with Crippen molar-refractivity contribution >= 4 is 11.9 Å². The maximum absolute atomic E-state index is 12.2. The van der Waals surface area contributed by atoms with Gasteiger partial charge in [-0.05, 0) is 23.6 Å². The van der Waals surface area contributed by atoms with Gasteiger partial charge in [0.15, 0.2) is 0 Å². The first-order chi connectivity index (χ1) is 12.0. The molecule has 1 heterocycles. The molecule has 0 saturated heterocycles. The van der Waals surface area contributed by atoms with Crippen LogP contribution in [0.1, 0.15) is 25.2 Å². The normalized spacial score (nSPS) is 10.9. The van der Waals surface area contributed by atoms with Gasteiger partial charge in [0.05, 0.1) is 19.4 Å². The molecule has 6 nitrogen and oxygen atoms in total. The zero-order chi connectivity index (χ0) is 18.1. The number of furan rings is 1. The molecule has 0 aliphatic heterocycles. The summed E-state index contributed by atoms with van der Waals surface area (Å²) < 4.78 is 5.38. The van der Waals surface area contributed by atoms with E-state index in [2.05, 4.69) is 10.6 Å². The Bertz CT molecular complexity index is 654. The summed E-state index contributed by atoms with van der Waals surface area (Å²) >= 11 is 0. The molecular weight excluding hydrogens is 318 g/mol. The maximum Gasteiger partial charge on any atom is 0.321 e. The van der Waals surface area contributed by atoms with E-state index >= 15 is 0 Å². The highest BCUT2D eigenvalue weighted by Crippen LogP contribution is 2.10. The molecule has 0 fully saturated rings. The Morgan fingerprint density at radius 3 is 2.48 bits per heavy atom. The van der Waals surface area contributed by atoms with Crippen molar-refractivity contribution in [3.63, 3.8) is 0 Å². The number of carbonyl (C=O) groups excluding carboxylic acids is 2. The fourth-order valence-corrected chi connectivity index (χ4v) is 2.34. The molecule has 2 N–H and O–H groups in total. The van der Waals surface area contributed by atoms with Gasteiger partial charge in [-0.25, -0.2) is 4.79 Å². The second-order valence-corrected chi connectivity index (χ2v) is 6.36. The lowest BCUT2D eigenvalue weighted by atomic mass is 10.2. The van der Waals surface area contributed by atoms with E-state index in [1.807, 2.05) is 61.2 Å². The summed E-state index contributed by atoms with van der Waals surface area (Å²) in [5, 5.41) is 5.04. The summed E-state index contributed by atoms with van der Waals surface area (Å²) in [6.07, 6.45) is 1.61. The van der Waals surface area contributed by atoms with Crippen molar-refractivity contribution in [1.29, 1.82) is 0 Å². The molecule has 0 unspecified atom stereocenters. The van der Waals surface area contributed by atoms with E-state index in [0.29, 0.717) is 25.6 Å². The van der Waals surface area contributed by atoms with Gasteiger partial charge in [-0.15, -0.1) is 0 Å². The van der Waals surface area contributed by atoms with Crippen molar-refractivity contribution in [1.82, 2.24) is 15.5 Å². The number of nitrogens with zero attached hydrogens (tertiary/aromatic N) is 1. The third-order valence-corrected chi connectivity index (χ3v) is 3.50. The van der Waals surface area contributed by atoms with Crippen LogP contribution in [0, 0.1) is 5.92 Å². The average Bonchev–Trinajstić information content (AvgIpc) is 3.06. The Hall–Kier alpha value is -2.60. The van der Waals surface area contributed by atoms with Crippen molar-refractivity contribution < 1.29 is 14.0 Å². The number of rotatable bonds is 8. The first kappa shape index (κ1) is 18.7. The van der Waals surface area contributed by atoms with Crippen molar-refractivity contribution in [2.75, 3.05) is 13.1 Å². The number of imide groups is 1. The topological polar surface area (TPSA) is 74.6 Å². The number of carbonyl (C=O) groups is 2. The summed E-state index contributed by atoms with van der Waals surface area (Å²) in [4.78, 5) is 25.8. The first-order valence-electron chi connectivity index (χ1n) is 8.39. The van der Waals surface area contributed by atoms with Gasteiger partial charge in [-0.3, -0.25) is 15.0 Å². The van der Waals surface area contributed by atoms with Gasteiger partial charge in [0.1, 0.15) is 5.76 Å². The Morgan fingerprint density at radius 1 is 1.08 bits per heavy atom. The van der Waals surface area contributed by atoms with Crippen LogP contribution in [0.3, 0.4) is 0 Å². The summed E-state index contributed by atoms with van der Waals surface area (Å²) in [5.74, 6) is 0.756. The molecule has 134 valence electrons. The van der Waals surface area contributed by atoms with Crippen LogP contribution >= 0.6 is 0 Å². The molecule has 0 saturated carbocycles. The van der Waals surface area contributed by atoms with Gasteiger partial charge in [0.25, 0.3) is 0 Å². The van der Waals surface area contributed by atoms with E-state index in [1.54, 1.807) is 6.26 Å². The minimum atomic E-state index is -0.462. The fourth-order valence-electron chi connectivity index (χ4n) is 2.34. The second-order valence-electron chi connectivity index (χ2n) is 6.36. The number of urea groups is 1. The molecule has 0 bridgehead atoms. The lowest BCUT2D eigenvalue weighted by Gasteiger charge is -2.20. The number of nitrogens with one attached hydrogen (secondary N) is 2. The minimum absolute atomic E-state index is 0.102. The summed E-state index contributed by atoms with van der Waals surface area (Å²) in [5.41, 5.74) is 1.09. The van der Waals surface area contributed by atoms with Crippen LogP contribution < -0.4 is 10.6 Å². The van der Waals surface area contributed by atoms with Gasteiger partial charge in [-0.2, -0.15) is 0 Å². The minimum Gasteiger partial charge on any atom is -0.468 e. The van der Waals surface area contributed by atoms with Crippen LogP contribution in [0.4, 0.5) is 4.79 Å². The number of hydrogen-bond acceptors (Lipinski definition) is 4. The standard InChI is InChI=1S/C19H25N3O3/c1-15(2)11-20-19(24)21-18(23)14-22(13-17-9-6-10-25-17)12-16-7-4-3-5-8-16/h3-10,15H,11-14H2,1-2H3,(H2,20,21,23,24). The van der Waals surface area contributed by atoms with Crippen LogP contribution in [0.2, 0.25) is 0 Å². The van der Waals surface area contributed by atoms with Crippen LogP contribution in [0.15, 0.2) is 53.1 Å². The smallest absolute Gasteiger partial charge is 0.321 e. The molecule has 0 aliphatic carbocycles. The first-order valence-corrected chi connectivity index (χ1v) is 8.39. The zero-order valence-electron chi connectivity index (χ0n) is 14.7. The van der Waals surface area contributed by atoms with Gasteiger partial charge < -0.3 is 9.73 Å². The Kier molecular flexibility index (Phi) is 7.22. The Morgan fingerprint density at radius 2 is 1.84 bits per heavy atom. The highest BCUT2D eigenvalue weighted by Gasteiger charge is 2.15. The molecule has 0 radical (unpaired) electrons. The van der Waals surface area contributed by atoms with Crippen molar-refractivity contribution in [3.8, 4) is 0 Å². The Labute approximate surface area is 148 Å². The molecule has 6 heteroatoms. The SMILES string of the molecule is CC(C)CNC(=O)NC(=O)CN(Cc1ccccc1)Cc1ccco1. The third-order valence-electron chi connectivity index (χ3n) is 3.50. The van der Waals surface area contributed by atoms with Crippen LogP contribution in [-0.4, -0.2) is 29.9 Å². The predicted octanol–water partition coefficient (Wildman–Crippen LogP) is 2.76. The third kappa shape index (κ3) is 7.22. The van der Waals surface area contributed by atoms with Gasteiger partial charge in [0.2, 0.25) is 5.91 Å². The van der Waals surface area contributed by atoms with Crippen molar-refractivity contribution in [3.05, 3.63) is 60.1 Å². The van der Waals surface area contributed by atoms with E-state index in [9.17, 15) is 9.59 Å². The average molecular weight is 343 g/mol. The van der Waals surface area contributed by atoms with Crippen LogP contribution in [0.25, 0.3) is 0 Å². The van der Waals surface area contributed by atoms with Crippen LogP contribution in [0.5, 0.6) is 0 Å². The highest BCUT2D eigenvalue weighted by atomic mass is 16.3. The molecule has 0 atom stereocenters. The van der Waals surface area contributed by atoms with Gasteiger partial charge in [-0.1, -0.05) is 44.2 Å². The lowest BCUT2D eigenvalue weighted by Crippen LogP contribution is -2.45.